The number of hydrogen-bond donors (Lipinski definition) is 1. The first kappa shape index (κ1) is 15.1. The second-order valence-corrected chi connectivity index (χ2v) is 5.94. The van der Waals surface area contributed by atoms with Crippen LogP contribution in [0.15, 0.2) is 18.2 Å². The molecule has 6 heteroatoms. The van der Waals surface area contributed by atoms with Gasteiger partial charge >= 0.3 is 5.97 Å². The number of rotatable bonds is 3. The molecule has 1 amide bonds. The zero-order valence-corrected chi connectivity index (χ0v) is 13.3. The van der Waals surface area contributed by atoms with Crippen LogP contribution in [0.5, 0.6) is 5.75 Å². The molecule has 1 aromatic carbocycles. The molecule has 2 rings (SSSR count). The number of halogens is 1. The van der Waals surface area contributed by atoms with E-state index < -0.39 is 11.9 Å². The summed E-state index contributed by atoms with van der Waals surface area (Å²) in [6.07, 6.45) is 1.37. The van der Waals surface area contributed by atoms with Gasteiger partial charge in [-0.15, -0.1) is 0 Å². The lowest BCUT2D eigenvalue weighted by Gasteiger charge is -2.31. The fraction of sp³-hybridized carbons (Fsp3) is 0.429. The van der Waals surface area contributed by atoms with Crippen LogP contribution < -0.4 is 4.74 Å². The van der Waals surface area contributed by atoms with Gasteiger partial charge in [-0.25, -0.2) is 0 Å². The Bertz CT molecular complexity index is 532. The SMILES string of the molecule is COc1ccc(C(=O)N2CCC[C@H](C(=O)O)C2)c(I)c1. The van der Waals surface area contributed by atoms with Crippen LogP contribution >= 0.6 is 22.6 Å². The Hall–Kier alpha value is -1.31. The Morgan fingerprint density at radius 1 is 1.45 bits per heavy atom. The van der Waals surface area contributed by atoms with Crippen molar-refractivity contribution in [3.05, 3.63) is 27.3 Å². The maximum absolute atomic E-state index is 12.5. The Morgan fingerprint density at radius 3 is 2.80 bits per heavy atom. The summed E-state index contributed by atoms with van der Waals surface area (Å²) >= 11 is 2.10. The van der Waals surface area contributed by atoms with Gasteiger partial charge < -0.3 is 14.7 Å². The van der Waals surface area contributed by atoms with E-state index in [2.05, 4.69) is 22.6 Å². The number of piperidine rings is 1. The quantitative estimate of drug-likeness (QED) is 0.806. The highest BCUT2D eigenvalue weighted by Crippen LogP contribution is 2.23. The summed E-state index contributed by atoms with van der Waals surface area (Å²) in [6, 6.07) is 5.27. The molecule has 0 bridgehead atoms. The van der Waals surface area contributed by atoms with E-state index in [0.29, 0.717) is 24.3 Å². The number of methoxy groups -OCH3 is 1. The van der Waals surface area contributed by atoms with Gasteiger partial charge in [-0.3, -0.25) is 9.59 Å². The van der Waals surface area contributed by atoms with E-state index in [-0.39, 0.29) is 12.5 Å². The van der Waals surface area contributed by atoms with Gasteiger partial charge in [0, 0.05) is 16.7 Å². The Kier molecular flexibility index (Phi) is 4.85. The molecule has 0 unspecified atom stereocenters. The Balaban J connectivity index is 2.16. The molecule has 0 spiro atoms. The zero-order valence-electron chi connectivity index (χ0n) is 11.1. The number of aliphatic carboxylic acids is 1. The van der Waals surface area contributed by atoms with Crippen LogP contribution in [0, 0.1) is 9.49 Å². The summed E-state index contributed by atoms with van der Waals surface area (Å²) in [5.74, 6) is -0.688. The number of ether oxygens (including phenoxy) is 1. The highest BCUT2D eigenvalue weighted by Gasteiger charge is 2.29. The number of carbonyl (C=O) groups is 2. The van der Waals surface area contributed by atoms with Gasteiger partial charge in [-0.2, -0.15) is 0 Å². The van der Waals surface area contributed by atoms with Crippen molar-refractivity contribution in [2.24, 2.45) is 5.92 Å². The Labute approximate surface area is 131 Å². The summed E-state index contributed by atoms with van der Waals surface area (Å²) in [6.45, 7) is 0.904. The van der Waals surface area contributed by atoms with E-state index in [4.69, 9.17) is 9.84 Å². The minimum Gasteiger partial charge on any atom is -0.497 e. The molecule has 5 nitrogen and oxygen atoms in total. The Morgan fingerprint density at radius 2 is 2.20 bits per heavy atom. The van der Waals surface area contributed by atoms with Crippen molar-refractivity contribution in [1.29, 1.82) is 0 Å². The molecule has 20 heavy (non-hydrogen) atoms. The molecule has 0 radical (unpaired) electrons. The van der Waals surface area contributed by atoms with E-state index >= 15 is 0 Å². The average molecular weight is 389 g/mol. The first-order valence-electron chi connectivity index (χ1n) is 6.38. The maximum atomic E-state index is 12.5. The molecule has 108 valence electrons. The van der Waals surface area contributed by atoms with Crippen LogP contribution in [0.3, 0.4) is 0 Å². The lowest BCUT2D eigenvalue weighted by molar-refractivity contribution is -0.143. The number of carbonyl (C=O) groups excluding carboxylic acids is 1. The summed E-state index contributed by atoms with van der Waals surface area (Å²) in [4.78, 5) is 25.2. The van der Waals surface area contributed by atoms with Crippen molar-refractivity contribution < 1.29 is 19.4 Å². The van der Waals surface area contributed by atoms with Crippen LogP contribution in [0.4, 0.5) is 0 Å². The van der Waals surface area contributed by atoms with Gasteiger partial charge in [-0.05, 0) is 53.6 Å². The molecule has 0 saturated carbocycles. The first-order valence-corrected chi connectivity index (χ1v) is 7.46. The fourth-order valence-electron chi connectivity index (χ4n) is 2.33. The number of carboxylic acid groups (broad SMARTS) is 1. The molecule has 1 aliphatic rings. The number of nitrogens with zero attached hydrogens (tertiary/aromatic N) is 1. The van der Waals surface area contributed by atoms with Crippen molar-refractivity contribution in [1.82, 2.24) is 4.90 Å². The molecule has 1 aliphatic heterocycles. The molecule has 1 fully saturated rings. The van der Waals surface area contributed by atoms with Gasteiger partial charge in [0.15, 0.2) is 0 Å². The van der Waals surface area contributed by atoms with Gasteiger partial charge in [-0.1, -0.05) is 0 Å². The molecular weight excluding hydrogens is 373 g/mol. The number of carboxylic acids is 1. The summed E-state index contributed by atoms with van der Waals surface area (Å²) in [7, 11) is 1.58. The van der Waals surface area contributed by atoms with Crippen LogP contribution in [0.1, 0.15) is 23.2 Å². The standard InChI is InChI=1S/C14H16INO4/c1-20-10-4-5-11(12(15)7-10)13(17)16-6-2-3-9(8-16)14(18)19/h4-5,7,9H,2-3,6,8H2,1H3,(H,18,19)/t9-/m0/s1. The van der Waals surface area contributed by atoms with E-state index in [9.17, 15) is 9.59 Å². The van der Waals surface area contributed by atoms with Gasteiger partial charge in [0.2, 0.25) is 0 Å². The van der Waals surface area contributed by atoms with Crippen LogP contribution in [0.25, 0.3) is 0 Å². The molecule has 1 aromatic rings. The highest BCUT2D eigenvalue weighted by atomic mass is 127. The summed E-state index contributed by atoms with van der Waals surface area (Å²) < 4.78 is 5.93. The normalized spacial score (nSPS) is 18.7. The molecule has 1 atom stereocenters. The van der Waals surface area contributed by atoms with Crippen molar-refractivity contribution in [3.8, 4) is 5.75 Å². The minimum absolute atomic E-state index is 0.108. The number of amides is 1. The fourth-order valence-corrected chi connectivity index (χ4v) is 3.05. The predicted octanol–water partition coefficient (Wildman–Crippen LogP) is 2.24. The zero-order chi connectivity index (χ0) is 14.7. The smallest absolute Gasteiger partial charge is 0.308 e. The highest BCUT2D eigenvalue weighted by molar-refractivity contribution is 14.1. The van der Waals surface area contributed by atoms with Gasteiger partial charge in [0.1, 0.15) is 5.75 Å². The van der Waals surface area contributed by atoms with E-state index in [1.54, 1.807) is 30.2 Å². The predicted molar refractivity (Wildman–Crippen MR) is 82.0 cm³/mol. The number of hydrogen-bond acceptors (Lipinski definition) is 3. The third kappa shape index (κ3) is 3.23. The molecule has 0 aliphatic carbocycles. The van der Waals surface area contributed by atoms with Crippen molar-refractivity contribution in [2.45, 2.75) is 12.8 Å². The van der Waals surface area contributed by atoms with Gasteiger partial charge in [0.25, 0.3) is 5.91 Å². The third-order valence-corrected chi connectivity index (χ3v) is 4.36. The first-order chi connectivity index (χ1) is 9.52. The van der Waals surface area contributed by atoms with E-state index in [1.165, 1.54) is 0 Å². The van der Waals surface area contributed by atoms with Crippen molar-refractivity contribution in [2.75, 3.05) is 20.2 Å². The maximum Gasteiger partial charge on any atom is 0.308 e. The van der Waals surface area contributed by atoms with Crippen LogP contribution in [0.2, 0.25) is 0 Å². The molecule has 1 N–H and O–H groups in total. The molecule has 0 aromatic heterocycles. The van der Waals surface area contributed by atoms with Crippen molar-refractivity contribution in [3.63, 3.8) is 0 Å². The minimum atomic E-state index is -0.827. The molecule has 1 heterocycles. The third-order valence-electron chi connectivity index (χ3n) is 3.46. The summed E-state index contributed by atoms with van der Waals surface area (Å²) in [5.41, 5.74) is 0.595. The van der Waals surface area contributed by atoms with E-state index in [0.717, 1.165) is 9.99 Å². The van der Waals surface area contributed by atoms with E-state index in [1.807, 2.05) is 0 Å². The lowest BCUT2D eigenvalue weighted by atomic mass is 9.97. The topological polar surface area (TPSA) is 66.8 Å². The lowest BCUT2D eigenvalue weighted by Crippen LogP contribution is -2.42. The van der Waals surface area contributed by atoms with Gasteiger partial charge in [0.05, 0.1) is 18.6 Å². The molecule has 1 saturated heterocycles. The van der Waals surface area contributed by atoms with Crippen molar-refractivity contribution >= 4 is 34.5 Å². The largest absolute Gasteiger partial charge is 0.497 e. The second kappa shape index (κ2) is 6.43. The van der Waals surface area contributed by atoms with Crippen LogP contribution in [-0.2, 0) is 4.79 Å². The monoisotopic (exact) mass is 389 g/mol. The average Bonchev–Trinajstić information content (AvgIpc) is 2.46. The molecular formula is C14H16INO4. The summed E-state index contributed by atoms with van der Waals surface area (Å²) in [5, 5.41) is 9.08. The second-order valence-electron chi connectivity index (χ2n) is 4.77. The number of likely N-dealkylation sites (tertiary alicyclic amines) is 1. The van der Waals surface area contributed by atoms with Crippen LogP contribution in [-0.4, -0.2) is 42.1 Å². The number of benzene rings is 1.